The van der Waals surface area contributed by atoms with E-state index in [1.807, 2.05) is 98.5 Å². The normalized spacial score (nSPS) is 22.3. The summed E-state index contributed by atoms with van der Waals surface area (Å²) in [7, 11) is 0. The fourth-order valence-electron chi connectivity index (χ4n) is 11.2. The van der Waals surface area contributed by atoms with Crippen LogP contribution in [0.15, 0.2) is 76.4 Å². The summed E-state index contributed by atoms with van der Waals surface area (Å²) in [6.45, 7) is 15.4. The third kappa shape index (κ3) is 13.5. The van der Waals surface area contributed by atoms with Gasteiger partial charge in [-0.2, -0.15) is 0 Å². The number of benzene rings is 2. The van der Waals surface area contributed by atoms with Crippen molar-refractivity contribution in [1.82, 2.24) is 40.3 Å². The van der Waals surface area contributed by atoms with E-state index in [-0.39, 0.29) is 59.5 Å². The van der Waals surface area contributed by atoms with Gasteiger partial charge in [0, 0.05) is 86.6 Å². The minimum atomic E-state index is -1.000. The maximum atomic E-state index is 14.3. The zero-order chi connectivity index (χ0) is 54.8. The number of nitrogens with one attached hydrogen (secondary N) is 3. The van der Waals surface area contributed by atoms with Gasteiger partial charge >= 0.3 is 0 Å². The summed E-state index contributed by atoms with van der Waals surface area (Å²) in [5, 5.41) is 20.5. The predicted octanol–water partition coefficient (Wildman–Crippen LogP) is 6.33. The molecular formula is C57H75N11O7S2. The van der Waals surface area contributed by atoms with E-state index in [2.05, 4.69) is 42.7 Å². The second-order valence-electron chi connectivity index (χ2n) is 23.6. The van der Waals surface area contributed by atoms with Crippen molar-refractivity contribution in [1.29, 1.82) is 0 Å². The lowest BCUT2D eigenvalue weighted by Gasteiger charge is -2.48. The molecule has 77 heavy (non-hydrogen) atoms. The van der Waals surface area contributed by atoms with Gasteiger partial charge in [0.1, 0.15) is 22.9 Å². The molecule has 0 unspecified atom stereocenters. The van der Waals surface area contributed by atoms with E-state index in [1.165, 1.54) is 16.7 Å². The Morgan fingerprint density at radius 1 is 0.857 bits per heavy atom. The fraction of sp³-hybridized carbons (Fsp3) is 0.561. The monoisotopic (exact) mass is 1090 g/mol. The number of anilines is 2. The first-order chi connectivity index (χ1) is 36.6. The molecule has 0 bridgehead atoms. The number of aliphatic hydroxyl groups is 1. The first-order valence-electron chi connectivity index (χ1n) is 27.2. The molecule has 20 heteroatoms. The summed E-state index contributed by atoms with van der Waals surface area (Å²) in [6, 6.07) is 13.3. The van der Waals surface area contributed by atoms with Crippen molar-refractivity contribution in [2.24, 2.45) is 28.4 Å². The number of amides is 6. The minimum Gasteiger partial charge on any atom is -0.391 e. The van der Waals surface area contributed by atoms with Crippen LogP contribution in [0.4, 0.5) is 11.5 Å². The minimum absolute atomic E-state index is 0.0392. The summed E-state index contributed by atoms with van der Waals surface area (Å²) in [5.74, 6) is -1.49. The number of nitrogens with zero attached hydrogens (tertiary/aromatic N) is 7. The number of likely N-dealkylation sites (tertiary alicyclic amines) is 3. The molecule has 18 nitrogen and oxygen atoms in total. The number of unbranched alkanes of at least 4 members (excludes halogenated alkanes) is 2. The molecular weight excluding hydrogens is 1010 g/mol. The van der Waals surface area contributed by atoms with Crippen molar-refractivity contribution in [2.45, 2.75) is 145 Å². The lowest BCUT2D eigenvalue weighted by atomic mass is 9.79. The molecule has 5 fully saturated rings. The second-order valence-corrected chi connectivity index (χ2v) is 25.6. The van der Waals surface area contributed by atoms with E-state index in [0.717, 1.165) is 76.2 Å². The summed E-state index contributed by atoms with van der Waals surface area (Å²) in [6.07, 6.45) is 8.60. The molecule has 4 saturated heterocycles. The number of rotatable bonds is 18. The van der Waals surface area contributed by atoms with Crippen LogP contribution >= 0.6 is 23.1 Å². The van der Waals surface area contributed by atoms with Crippen LogP contribution in [0.5, 0.6) is 0 Å². The van der Waals surface area contributed by atoms with Crippen LogP contribution in [0.1, 0.15) is 116 Å². The molecule has 2 aromatic heterocycles. The van der Waals surface area contributed by atoms with Crippen molar-refractivity contribution >= 4 is 70.0 Å². The van der Waals surface area contributed by atoms with Gasteiger partial charge in [-0.25, -0.2) is 15.0 Å². The van der Waals surface area contributed by atoms with Crippen molar-refractivity contribution in [3.8, 4) is 10.4 Å². The number of aromatic nitrogens is 3. The van der Waals surface area contributed by atoms with Crippen LogP contribution in [0.2, 0.25) is 0 Å². The van der Waals surface area contributed by atoms with Crippen LogP contribution in [0.25, 0.3) is 10.4 Å². The molecule has 5 aliphatic rings. The second kappa shape index (κ2) is 23.2. The SMILES string of the molecule is Cc1ncsc1-c1ccc([C@H](C)NC(=O)[C@@H]2C[C@@H](O)CN2C(=O)[C@@H](NC(=O)[C@@H]2C[C@H]2C(=O)N2CCC3(CN(C(=O)CCCCCC(=O)Nc4cccc(Sc5cnc(N6CCC(C)(N)CC6)cn5)c4)C3)C2)C(C)(C)C)cc1. The van der Waals surface area contributed by atoms with Crippen molar-refractivity contribution in [3.63, 3.8) is 0 Å². The maximum absolute atomic E-state index is 14.3. The number of aryl methyl sites for hydroxylation is 1. The van der Waals surface area contributed by atoms with Gasteiger partial charge < -0.3 is 46.4 Å². The number of thiazole rings is 1. The van der Waals surface area contributed by atoms with Crippen LogP contribution in [0, 0.1) is 29.6 Å². The first kappa shape index (κ1) is 55.8. The van der Waals surface area contributed by atoms with Gasteiger partial charge in [-0.15, -0.1) is 11.3 Å². The third-order valence-electron chi connectivity index (χ3n) is 16.1. The van der Waals surface area contributed by atoms with Crippen LogP contribution in [0.3, 0.4) is 0 Å². The van der Waals surface area contributed by atoms with Gasteiger partial charge in [0.25, 0.3) is 0 Å². The Morgan fingerprint density at radius 2 is 1.58 bits per heavy atom. The van der Waals surface area contributed by atoms with Crippen molar-refractivity contribution < 1.29 is 33.9 Å². The molecule has 6 atom stereocenters. The zero-order valence-electron chi connectivity index (χ0n) is 45.3. The zero-order valence-corrected chi connectivity index (χ0v) is 46.9. The molecule has 4 aliphatic heterocycles. The molecule has 6 amide bonds. The van der Waals surface area contributed by atoms with Gasteiger partial charge in [0.05, 0.1) is 52.5 Å². The number of piperidine rings is 1. The Morgan fingerprint density at radius 3 is 2.27 bits per heavy atom. The first-order valence-corrected chi connectivity index (χ1v) is 28.9. The van der Waals surface area contributed by atoms with E-state index in [9.17, 15) is 33.9 Å². The van der Waals surface area contributed by atoms with Gasteiger partial charge in [0.15, 0.2) is 0 Å². The highest BCUT2D eigenvalue weighted by molar-refractivity contribution is 7.99. The molecule has 2 aromatic carbocycles. The van der Waals surface area contributed by atoms with Crippen LogP contribution in [-0.4, -0.2) is 140 Å². The molecule has 1 aliphatic carbocycles. The highest BCUT2D eigenvalue weighted by Crippen LogP contribution is 2.45. The molecule has 0 radical (unpaired) electrons. The average molecular weight is 1090 g/mol. The smallest absolute Gasteiger partial charge is 0.246 e. The number of aliphatic hydroxyl groups excluding tert-OH is 1. The lowest BCUT2D eigenvalue weighted by molar-refractivity contribution is -0.144. The molecule has 9 rings (SSSR count). The molecule has 1 saturated carbocycles. The van der Waals surface area contributed by atoms with Crippen molar-refractivity contribution in [2.75, 3.05) is 56.0 Å². The number of hydrogen-bond acceptors (Lipinski definition) is 14. The van der Waals surface area contributed by atoms with Crippen LogP contribution in [-0.2, 0) is 28.8 Å². The largest absolute Gasteiger partial charge is 0.391 e. The molecule has 4 aromatic rings. The van der Waals surface area contributed by atoms with E-state index in [4.69, 9.17) is 5.73 Å². The standard InChI is InChI=1S/C57H75N11O7S2/c1-35(37-15-17-38(18-16-37)49-36(2)61-34-76-49)62-52(73)44-26-40(69)30-68(44)54(75)50(55(3,4)5)64-51(72)42-27-43(42)53(74)66-24-21-57(31-66)32-67(33-57)48(71)14-9-7-8-13-46(70)63-39-11-10-12-41(25-39)77-47-29-59-45(28-60-47)65-22-19-56(6,58)20-23-65/h10-12,15-18,25,28-29,34-35,40,42-44,50,69H,7-9,13-14,19-24,26-27,30-33,58H2,1-6H3,(H,62,73)(H,63,70)(H,64,72)/t35-,40+,42+,43+,44-,50+/m0/s1. The Hall–Kier alpha value is -5.96. The third-order valence-corrected chi connectivity index (χ3v) is 18.0. The maximum Gasteiger partial charge on any atom is 0.246 e. The van der Waals surface area contributed by atoms with Gasteiger partial charge in [-0.1, -0.05) is 69.3 Å². The van der Waals surface area contributed by atoms with Crippen molar-refractivity contribution in [3.05, 3.63) is 77.7 Å². The summed E-state index contributed by atoms with van der Waals surface area (Å²) in [5.41, 5.74) is 10.7. The molecule has 412 valence electrons. The molecule has 1 spiro atoms. The van der Waals surface area contributed by atoms with Gasteiger partial charge in [0.2, 0.25) is 35.4 Å². The van der Waals surface area contributed by atoms with E-state index in [1.54, 1.807) is 23.7 Å². The van der Waals surface area contributed by atoms with E-state index in [0.29, 0.717) is 64.0 Å². The lowest BCUT2D eigenvalue weighted by Crippen LogP contribution is -2.59. The van der Waals surface area contributed by atoms with Gasteiger partial charge in [-0.3, -0.25) is 28.8 Å². The Bertz CT molecular complexity index is 2800. The number of nitrogens with two attached hydrogens (primary N) is 1. The Labute approximate surface area is 460 Å². The topological polar surface area (TPSA) is 236 Å². The fourth-order valence-corrected chi connectivity index (χ4v) is 12.8. The van der Waals surface area contributed by atoms with Crippen LogP contribution < -0.4 is 26.6 Å². The number of β-amino-alcohol motifs (C(OH)–C–C–N with tert-alkyl or cyclic N) is 1. The molecule has 6 heterocycles. The highest BCUT2D eigenvalue weighted by atomic mass is 32.2. The molecule has 6 N–H and O–H groups in total. The Balaban J connectivity index is 0.667. The Kier molecular flexibility index (Phi) is 16.8. The van der Waals surface area contributed by atoms with E-state index < -0.39 is 41.3 Å². The highest BCUT2D eigenvalue weighted by Gasteiger charge is 2.56. The number of carbonyl (C=O) groups is 6. The van der Waals surface area contributed by atoms with Gasteiger partial charge in [-0.05, 0) is 94.0 Å². The number of hydrogen-bond donors (Lipinski definition) is 5. The number of carbonyl (C=O) groups excluding carboxylic acids is 6. The summed E-state index contributed by atoms with van der Waals surface area (Å²) < 4.78 is 0. The van der Waals surface area contributed by atoms with E-state index >= 15 is 0 Å². The average Bonchev–Trinajstić information content (AvgIpc) is 3.68. The summed E-state index contributed by atoms with van der Waals surface area (Å²) in [4.78, 5) is 105. The predicted molar refractivity (Wildman–Crippen MR) is 297 cm³/mol. The summed E-state index contributed by atoms with van der Waals surface area (Å²) >= 11 is 3.05. The quantitative estimate of drug-likeness (QED) is 0.0686.